The van der Waals surface area contributed by atoms with E-state index >= 15 is 0 Å². The zero-order valence-corrected chi connectivity index (χ0v) is 16.2. The average molecular weight is 379 g/mol. The van der Waals surface area contributed by atoms with Crippen LogP contribution >= 0.6 is 0 Å². The molecule has 3 N–H and O–H groups in total. The third-order valence-corrected chi connectivity index (χ3v) is 4.81. The normalized spacial score (nSPS) is 13.3. The lowest BCUT2D eigenvalue weighted by Crippen LogP contribution is -2.35. The number of aromatic nitrogens is 3. The number of ether oxygens (including phenoxy) is 2. The third-order valence-electron chi connectivity index (χ3n) is 4.81. The number of nitrogens with zero attached hydrogens (tertiary/aromatic N) is 3. The number of nitrogens with one attached hydrogen (secondary N) is 1. The molecule has 0 aliphatic carbocycles. The minimum absolute atomic E-state index is 0.390. The van der Waals surface area contributed by atoms with Crippen molar-refractivity contribution in [3.8, 4) is 28.3 Å². The summed E-state index contributed by atoms with van der Waals surface area (Å²) in [6.45, 7) is 7.73. The number of fused-ring (bicyclic) bond motifs is 1. The van der Waals surface area contributed by atoms with E-state index in [1.54, 1.807) is 6.20 Å². The molecule has 0 bridgehead atoms. The number of nitrogens with two attached hydrogens (primary N) is 1. The van der Waals surface area contributed by atoms with Crippen molar-refractivity contribution in [1.29, 1.82) is 0 Å². The first kappa shape index (κ1) is 18.3. The topological polar surface area (TPSA) is 89.3 Å². The first-order chi connectivity index (χ1) is 13.7. The number of pyridine rings is 1. The van der Waals surface area contributed by atoms with Gasteiger partial charge in [0.1, 0.15) is 12.4 Å². The van der Waals surface area contributed by atoms with Crippen LogP contribution in [0.25, 0.3) is 22.5 Å². The highest BCUT2D eigenvalue weighted by atomic mass is 16.5. The molecule has 28 heavy (non-hydrogen) atoms. The molecule has 1 aliphatic rings. The zero-order valence-electron chi connectivity index (χ0n) is 16.2. The second-order valence-corrected chi connectivity index (χ2v) is 6.75. The number of H-pyrrole nitrogens is 1. The van der Waals surface area contributed by atoms with Crippen molar-refractivity contribution >= 4 is 11.6 Å². The second-order valence-electron chi connectivity index (χ2n) is 6.75. The molecule has 0 saturated heterocycles. The monoisotopic (exact) mass is 379 g/mol. The first-order valence-electron chi connectivity index (χ1n) is 9.54. The molecule has 0 amide bonds. The number of hydrogen-bond acceptors (Lipinski definition) is 6. The number of anilines is 2. The van der Waals surface area contributed by atoms with Crippen molar-refractivity contribution in [2.45, 2.75) is 13.8 Å². The largest absolute Gasteiger partial charge is 0.490 e. The summed E-state index contributed by atoms with van der Waals surface area (Å²) in [5, 5.41) is 0. The molecule has 0 atom stereocenters. The van der Waals surface area contributed by atoms with Gasteiger partial charge in [0.2, 0.25) is 0 Å². The maximum atomic E-state index is 6.00. The lowest BCUT2D eigenvalue weighted by Gasteiger charge is -2.31. The fraction of sp³-hybridized carbons (Fsp3) is 0.333. The van der Waals surface area contributed by atoms with E-state index in [0.29, 0.717) is 19.2 Å². The Bertz CT molecular complexity index is 969. The van der Waals surface area contributed by atoms with Gasteiger partial charge in [-0.3, -0.25) is 4.98 Å². The third kappa shape index (κ3) is 3.66. The minimum Gasteiger partial charge on any atom is -0.490 e. The number of aromatic amines is 1. The van der Waals surface area contributed by atoms with E-state index in [1.165, 1.54) is 0 Å². The van der Waals surface area contributed by atoms with Crippen molar-refractivity contribution in [3.05, 3.63) is 42.2 Å². The predicted octanol–water partition coefficient (Wildman–Crippen LogP) is 3.26. The highest BCUT2D eigenvalue weighted by Gasteiger charge is 2.21. The molecule has 3 aromatic rings. The lowest BCUT2D eigenvalue weighted by molar-refractivity contribution is 0.152. The Labute approximate surface area is 164 Å². The summed E-state index contributed by atoms with van der Waals surface area (Å²) in [6, 6.07) is 10.1. The summed E-state index contributed by atoms with van der Waals surface area (Å²) >= 11 is 0. The van der Waals surface area contributed by atoms with Crippen LogP contribution in [0.3, 0.4) is 0 Å². The summed E-state index contributed by atoms with van der Waals surface area (Å²) in [5.41, 5.74) is 11.7. The summed E-state index contributed by atoms with van der Waals surface area (Å²) in [4.78, 5) is 14.3. The van der Waals surface area contributed by atoms with Gasteiger partial charge in [-0.2, -0.15) is 0 Å². The lowest BCUT2D eigenvalue weighted by atomic mass is 10.0. The van der Waals surface area contributed by atoms with Gasteiger partial charge < -0.3 is 25.1 Å². The van der Waals surface area contributed by atoms with Crippen LogP contribution in [-0.4, -0.2) is 47.9 Å². The maximum Gasteiger partial charge on any atom is 0.198 e. The van der Waals surface area contributed by atoms with Gasteiger partial charge in [0.05, 0.1) is 30.2 Å². The Balaban J connectivity index is 1.72. The number of benzene rings is 1. The van der Waals surface area contributed by atoms with Crippen molar-refractivity contribution in [1.82, 2.24) is 15.0 Å². The Hall–Kier alpha value is -3.06. The molecule has 4 rings (SSSR count). The molecule has 0 unspecified atom stereocenters. The number of imidazole rings is 1. The van der Waals surface area contributed by atoms with E-state index in [0.717, 1.165) is 59.3 Å². The molecule has 146 valence electrons. The molecule has 7 heteroatoms. The highest BCUT2D eigenvalue weighted by molar-refractivity contribution is 5.82. The van der Waals surface area contributed by atoms with Gasteiger partial charge in [-0.05, 0) is 44.2 Å². The van der Waals surface area contributed by atoms with Crippen LogP contribution in [0.4, 0.5) is 11.6 Å². The molecule has 7 nitrogen and oxygen atoms in total. The molecule has 0 saturated carbocycles. The summed E-state index contributed by atoms with van der Waals surface area (Å²) in [7, 11) is 0. The van der Waals surface area contributed by atoms with Gasteiger partial charge >= 0.3 is 0 Å². The molecule has 0 fully saturated rings. The fourth-order valence-corrected chi connectivity index (χ4v) is 3.48. The van der Waals surface area contributed by atoms with Gasteiger partial charge in [-0.25, -0.2) is 4.98 Å². The van der Waals surface area contributed by atoms with Gasteiger partial charge in [-0.1, -0.05) is 0 Å². The molecule has 0 spiro atoms. The molecule has 0 radical (unpaired) electrons. The van der Waals surface area contributed by atoms with E-state index < -0.39 is 0 Å². The number of nitrogen functional groups attached to an aromatic ring is 1. The smallest absolute Gasteiger partial charge is 0.198 e. The van der Waals surface area contributed by atoms with Crippen LogP contribution < -0.4 is 15.4 Å². The molecule has 3 heterocycles. The van der Waals surface area contributed by atoms with Gasteiger partial charge in [0.15, 0.2) is 5.95 Å². The second kappa shape index (κ2) is 7.90. The van der Waals surface area contributed by atoms with Crippen molar-refractivity contribution in [2.75, 3.05) is 43.5 Å². The van der Waals surface area contributed by atoms with Gasteiger partial charge in [-0.15, -0.1) is 0 Å². The van der Waals surface area contributed by atoms with Crippen LogP contribution in [0.1, 0.15) is 12.6 Å². The summed E-state index contributed by atoms with van der Waals surface area (Å²) < 4.78 is 11.4. The zero-order chi connectivity index (χ0) is 19.5. The van der Waals surface area contributed by atoms with Crippen molar-refractivity contribution < 1.29 is 9.47 Å². The van der Waals surface area contributed by atoms with Crippen LogP contribution in [0.15, 0.2) is 36.5 Å². The first-order valence-corrected chi connectivity index (χ1v) is 9.54. The number of hydrogen-bond donors (Lipinski definition) is 2. The maximum absolute atomic E-state index is 6.00. The van der Waals surface area contributed by atoms with E-state index in [1.807, 2.05) is 38.1 Å². The Morgan fingerprint density at radius 3 is 2.96 bits per heavy atom. The standard InChI is InChI=1S/C21H25N5O2/c1-3-27-10-8-26-9-11-28-18-5-4-15(13-17(18)26)19-20(25-21(22)24-19)16-6-7-23-14(2)12-16/h4-7,12-13H,3,8-11H2,1-2H3,(H3,22,24,25). The van der Waals surface area contributed by atoms with Crippen molar-refractivity contribution in [3.63, 3.8) is 0 Å². The van der Waals surface area contributed by atoms with Gasteiger partial charge in [0.25, 0.3) is 0 Å². The van der Waals surface area contributed by atoms with Crippen molar-refractivity contribution in [2.24, 2.45) is 0 Å². The minimum atomic E-state index is 0.390. The van der Waals surface area contributed by atoms with Crippen LogP contribution in [0.2, 0.25) is 0 Å². The Kier molecular flexibility index (Phi) is 5.16. The fourth-order valence-electron chi connectivity index (χ4n) is 3.48. The average Bonchev–Trinajstić information content (AvgIpc) is 3.10. The quantitative estimate of drug-likeness (QED) is 0.639. The molecular weight excluding hydrogens is 354 g/mol. The summed E-state index contributed by atoms with van der Waals surface area (Å²) in [5.74, 6) is 1.28. The van der Waals surface area contributed by atoms with Crippen LogP contribution in [0.5, 0.6) is 5.75 Å². The van der Waals surface area contributed by atoms with E-state index in [2.05, 4.69) is 25.9 Å². The molecule has 2 aromatic heterocycles. The van der Waals surface area contributed by atoms with Crippen LogP contribution in [-0.2, 0) is 4.74 Å². The predicted molar refractivity (Wildman–Crippen MR) is 111 cm³/mol. The highest BCUT2D eigenvalue weighted by Crippen LogP contribution is 2.38. The van der Waals surface area contributed by atoms with E-state index in [9.17, 15) is 0 Å². The molecule has 1 aromatic carbocycles. The van der Waals surface area contributed by atoms with Crippen LogP contribution in [0, 0.1) is 6.92 Å². The Morgan fingerprint density at radius 2 is 2.14 bits per heavy atom. The van der Waals surface area contributed by atoms with Gasteiger partial charge in [0, 0.05) is 36.2 Å². The molecule has 1 aliphatic heterocycles. The SMILES string of the molecule is CCOCCN1CCOc2ccc(-c3nc(N)[nH]c3-c3ccnc(C)c3)cc21. The molecular formula is C21H25N5O2. The Morgan fingerprint density at radius 1 is 1.25 bits per heavy atom. The summed E-state index contributed by atoms with van der Waals surface area (Å²) in [6.07, 6.45) is 1.79. The number of rotatable bonds is 6. The van der Waals surface area contributed by atoms with E-state index in [4.69, 9.17) is 15.2 Å². The van der Waals surface area contributed by atoms with E-state index in [-0.39, 0.29) is 0 Å². The number of aryl methyl sites for hydroxylation is 1.